The van der Waals surface area contributed by atoms with E-state index in [1.807, 2.05) is 23.1 Å². The molecule has 0 spiro atoms. The fourth-order valence-electron chi connectivity index (χ4n) is 3.11. The number of carbonyl (C=O) groups is 1. The number of benzene rings is 2. The lowest BCUT2D eigenvalue weighted by Crippen LogP contribution is -2.52. The predicted octanol–water partition coefficient (Wildman–Crippen LogP) is 3.83. The van der Waals surface area contributed by atoms with Gasteiger partial charge in [0.05, 0.1) is 0 Å². The first-order chi connectivity index (χ1) is 12.1. The van der Waals surface area contributed by atoms with Crippen molar-refractivity contribution in [3.63, 3.8) is 0 Å². The molecule has 0 aromatic heterocycles. The third-order valence-electron chi connectivity index (χ3n) is 4.56. The topological polar surface area (TPSA) is 35.6 Å². The van der Waals surface area contributed by atoms with Gasteiger partial charge in [-0.1, -0.05) is 46.3 Å². The Kier molecular flexibility index (Phi) is 5.97. The van der Waals surface area contributed by atoms with Crippen LogP contribution in [0.25, 0.3) is 0 Å². The maximum Gasteiger partial charge on any atom is 0.317 e. The summed E-state index contributed by atoms with van der Waals surface area (Å²) in [6, 6.07) is 16.7. The molecule has 0 saturated carbocycles. The van der Waals surface area contributed by atoms with Crippen LogP contribution in [0.4, 0.5) is 10.5 Å². The smallest absolute Gasteiger partial charge is 0.317 e. The molecular weight excluding hydrogens is 378 g/mol. The number of halogens is 1. The highest BCUT2D eigenvalue weighted by molar-refractivity contribution is 9.10. The summed E-state index contributed by atoms with van der Waals surface area (Å²) in [6.07, 6.45) is 0.830. The van der Waals surface area contributed by atoms with Crippen molar-refractivity contribution in [3.05, 3.63) is 64.1 Å². The summed E-state index contributed by atoms with van der Waals surface area (Å²) in [5.41, 5.74) is 3.73. The van der Waals surface area contributed by atoms with Crippen molar-refractivity contribution in [2.24, 2.45) is 0 Å². The monoisotopic (exact) mass is 401 g/mol. The number of urea groups is 1. The van der Waals surface area contributed by atoms with Crippen LogP contribution in [0.2, 0.25) is 0 Å². The SMILES string of the molecule is Cc1cccc(N2CCN(C(=O)NCCc3ccccc3Br)CC2)c1. The molecule has 1 saturated heterocycles. The van der Waals surface area contributed by atoms with Crippen molar-refractivity contribution in [2.75, 3.05) is 37.6 Å². The molecule has 1 N–H and O–H groups in total. The summed E-state index contributed by atoms with van der Waals surface area (Å²) in [5.74, 6) is 0. The summed E-state index contributed by atoms with van der Waals surface area (Å²) in [4.78, 5) is 16.6. The molecular formula is C20H24BrN3O. The van der Waals surface area contributed by atoms with E-state index in [1.165, 1.54) is 16.8 Å². The lowest BCUT2D eigenvalue weighted by molar-refractivity contribution is 0.194. The number of nitrogens with zero attached hydrogens (tertiary/aromatic N) is 2. The lowest BCUT2D eigenvalue weighted by atomic mass is 10.1. The third-order valence-corrected chi connectivity index (χ3v) is 5.34. The van der Waals surface area contributed by atoms with Gasteiger partial charge >= 0.3 is 6.03 Å². The molecule has 2 amide bonds. The number of aryl methyl sites for hydroxylation is 1. The first-order valence-corrected chi connectivity index (χ1v) is 9.50. The number of carbonyl (C=O) groups excluding carboxylic acids is 1. The molecule has 0 bridgehead atoms. The fourth-order valence-corrected chi connectivity index (χ4v) is 3.59. The molecule has 0 aliphatic carbocycles. The van der Waals surface area contributed by atoms with Crippen LogP contribution in [0.5, 0.6) is 0 Å². The second-order valence-corrected chi connectivity index (χ2v) is 7.24. The minimum atomic E-state index is 0.0379. The highest BCUT2D eigenvalue weighted by Gasteiger charge is 2.21. The Balaban J connectivity index is 1.45. The molecule has 5 heteroatoms. The van der Waals surface area contributed by atoms with Gasteiger partial charge in [0, 0.05) is 42.9 Å². The second kappa shape index (κ2) is 8.39. The molecule has 3 rings (SSSR count). The van der Waals surface area contributed by atoms with Crippen molar-refractivity contribution >= 4 is 27.6 Å². The van der Waals surface area contributed by atoms with Crippen LogP contribution in [0.3, 0.4) is 0 Å². The summed E-state index contributed by atoms with van der Waals surface area (Å²) < 4.78 is 1.09. The largest absolute Gasteiger partial charge is 0.368 e. The Morgan fingerprint density at radius 2 is 1.84 bits per heavy atom. The van der Waals surface area contributed by atoms with E-state index in [0.29, 0.717) is 6.54 Å². The Morgan fingerprint density at radius 3 is 2.56 bits per heavy atom. The number of amides is 2. The van der Waals surface area contributed by atoms with Crippen LogP contribution in [-0.2, 0) is 6.42 Å². The lowest BCUT2D eigenvalue weighted by Gasteiger charge is -2.36. The minimum absolute atomic E-state index is 0.0379. The number of nitrogens with one attached hydrogen (secondary N) is 1. The zero-order chi connectivity index (χ0) is 17.6. The molecule has 132 valence electrons. The molecule has 2 aromatic carbocycles. The number of rotatable bonds is 4. The highest BCUT2D eigenvalue weighted by atomic mass is 79.9. The molecule has 1 heterocycles. The summed E-state index contributed by atoms with van der Waals surface area (Å²) in [5, 5.41) is 3.04. The van der Waals surface area contributed by atoms with Crippen molar-refractivity contribution in [1.29, 1.82) is 0 Å². The molecule has 1 fully saturated rings. The maximum atomic E-state index is 12.4. The average Bonchev–Trinajstić information content (AvgIpc) is 2.63. The van der Waals surface area contributed by atoms with E-state index in [-0.39, 0.29) is 6.03 Å². The normalized spacial score (nSPS) is 14.5. The van der Waals surface area contributed by atoms with E-state index in [9.17, 15) is 4.79 Å². The first kappa shape index (κ1) is 17.8. The van der Waals surface area contributed by atoms with E-state index < -0.39 is 0 Å². The fraction of sp³-hybridized carbons (Fsp3) is 0.350. The number of hydrogen-bond donors (Lipinski definition) is 1. The number of anilines is 1. The zero-order valence-corrected chi connectivity index (χ0v) is 16.1. The Morgan fingerprint density at radius 1 is 1.08 bits per heavy atom. The van der Waals surface area contributed by atoms with Gasteiger partial charge in [-0.2, -0.15) is 0 Å². The van der Waals surface area contributed by atoms with Crippen LogP contribution in [0.15, 0.2) is 53.0 Å². The number of piperazine rings is 1. The Hall–Kier alpha value is -2.01. The van der Waals surface area contributed by atoms with E-state index >= 15 is 0 Å². The van der Waals surface area contributed by atoms with Crippen LogP contribution in [0.1, 0.15) is 11.1 Å². The summed E-state index contributed by atoms with van der Waals surface area (Å²) in [6.45, 7) is 6.03. The van der Waals surface area contributed by atoms with Crippen molar-refractivity contribution in [1.82, 2.24) is 10.2 Å². The van der Waals surface area contributed by atoms with Gasteiger partial charge in [-0.25, -0.2) is 4.79 Å². The Labute approximate surface area is 158 Å². The van der Waals surface area contributed by atoms with Crippen LogP contribution < -0.4 is 10.2 Å². The van der Waals surface area contributed by atoms with Crippen LogP contribution >= 0.6 is 15.9 Å². The van der Waals surface area contributed by atoms with Gasteiger partial charge in [0.15, 0.2) is 0 Å². The van der Waals surface area contributed by atoms with Crippen molar-refractivity contribution in [3.8, 4) is 0 Å². The second-order valence-electron chi connectivity index (χ2n) is 6.39. The summed E-state index contributed by atoms with van der Waals surface area (Å²) >= 11 is 3.55. The maximum absolute atomic E-state index is 12.4. The van der Waals surface area contributed by atoms with Gasteiger partial charge in [-0.3, -0.25) is 0 Å². The minimum Gasteiger partial charge on any atom is -0.368 e. The molecule has 25 heavy (non-hydrogen) atoms. The van der Waals surface area contributed by atoms with Gasteiger partial charge in [0.2, 0.25) is 0 Å². The van der Waals surface area contributed by atoms with Crippen molar-refractivity contribution < 1.29 is 4.79 Å². The van der Waals surface area contributed by atoms with E-state index in [1.54, 1.807) is 0 Å². The van der Waals surface area contributed by atoms with Crippen LogP contribution in [0, 0.1) is 6.92 Å². The van der Waals surface area contributed by atoms with E-state index in [0.717, 1.165) is 37.1 Å². The quantitative estimate of drug-likeness (QED) is 0.844. The van der Waals surface area contributed by atoms with Gasteiger partial charge < -0.3 is 15.1 Å². The standard InChI is InChI=1S/C20H24BrN3O/c1-16-5-4-7-18(15-16)23-11-13-24(14-12-23)20(25)22-10-9-17-6-2-3-8-19(17)21/h2-8,15H,9-14H2,1H3,(H,22,25). The van der Waals surface area contributed by atoms with Gasteiger partial charge in [-0.05, 0) is 42.7 Å². The molecule has 0 atom stereocenters. The van der Waals surface area contributed by atoms with E-state index in [2.05, 4.69) is 63.4 Å². The highest BCUT2D eigenvalue weighted by Crippen LogP contribution is 2.18. The molecule has 0 radical (unpaired) electrons. The van der Waals surface area contributed by atoms with Gasteiger partial charge in [0.25, 0.3) is 0 Å². The third kappa shape index (κ3) is 4.75. The molecule has 1 aliphatic rings. The van der Waals surface area contributed by atoms with Crippen LogP contribution in [-0.4, -0.2) is 43.7 Å². The van der Waals surface area contributed by atoms with E-state index in [4.69, 9.17) is 0 Å². The summed E-state index contributed by atoms with van der Waals surface area (Å²) in [7, 11) is 0. The van der Waals surface area contributed by atoms with Gasteiger partial charge in [-0.15, -0.1) is 0 Å². The molecule has 0 unspecified atom stereocenters. The molecule has 4 nitrogen and oxygen atoms in total. The predicted molar refractivity (Wildman–Crippen MR) is 106 cm³/mol. The first-order valence-electron chi connectivity index (χ1n) is 8.71. The Bertz CT molecular complexity index is 726. The van der Waals surface area contributed by atoms with Crippen molar-refractivity contribution in [2.45, 2.75) is 13.3 Å². The van der Waals surface area contributed by atoms with Gasteiger partial charge in [0.1, 0.15) is 0 Å². The molecule has 2 aromatic rings. The average molecular weight is 402 g/mol. The zero-order valence-electron chi connectivity index (χ0n) is 14.5. The molecule has 1 aliphatic heterocycles. The number of hydrogen-bond acceptors (Lipinski definition) is 2.